The average Bonchev–Trinajstić information content (AvgIpc) is 3.27. The van der Waals surface area contributed by atoms with E-state index in [2.05, 4.69) is 0 Å². The molecule has 1 aromatic heterocycles. The van der Waals surface area contributed by atoms with Crippen LogP contribution in [0.25, 0.3) is 0 Å². The summed E-state index contributed by atoms with van der Waals surface area (Å²) in [6, 6.07) is 10.2. The van der Waals surface area contributed by atoms with E-state index in [1.807, 2.05) is 56.3 Å². The molecular weight excluding hydrogens is 511 g/mol. The fourth-order valence-corrected chi connectivity index (χ4v) is 7.71. The number of carbonyl (C=O) groups is 3. The van der Waals surface area contributed by atoms with Crippen LogP contribution in [0, 0.1) is 35.4 Å². The number of Topliss-reactive ketones (excluding diaryl/α,β-unsaturated/α-hetero) is 3. The van der Waals surface area contributed by atoms with Gasteiger partial charge in [-0.2, -0.15) is 0 Å². The number of rotatable bonds is 4. The summed E-state index contributed by atoms with van der Waals surface area (Å²) < 4.78 is 27.4. The second-order valence-corrected chi connectivity index (χ2v) is 12.2. The Kier molecular flexibility index (Phi) is 5.86. The highest BCUT2D eigenvalue weighted by Crippen LogP contribution is 2.65. The van der Waals surface area contributed by atoms with Gasteiger partial charge in [0.15, 0.2) is 23.1 Å². The number of ether oxygens (including phenoxy) is 1. The number of aryl methyl sites for hydroxylation is 1. The lowest BCUT2D eigenvalue weighted by atomic mass is 9.43. The first-order valence-electron chi connectivity index (χ1n) is 13.6. The van der Waals surface area contributed by atoms with Crippen molar-refractivity contribution in [2.75, 3.05) is 19.8 Å². The van der Waals surface area contributed by atoms with Crippen molar-refractivity contribution in [2.45, 2.75) is 46.3 Å². The predicted octanol–water partition coefficient (Wildman–Crippen LogP) is 5.34. The lowest BCUT2D eigenvalue weighted by Gasteiger charge is -2.59. The Bertz CT molecular complexity index is 1580. The summed E-state index contributed by atoms with van der Waals surface area (Å²) in [4.78, 5) is 45.0. The molecule has 5 atom stereocenters. The topological polar surface area (TPSA) is 103 Å². The third kappa shape index (κ3) is 3.35. The summed E-state index contributed by atoms with van der Waals surface area (Å²) in [5.74, 6) is -2.84. The second kappa shape index (κ2) is 8.86. The van der Waals surface area contributed by atoms with Crippen LogP contribution >= 0.6 is 0 Å². The number of benzene rings is 2. The summed E-state index contributed by atoms with van der Waals surface area (Å²) in [6.07, 6.45) is 2.08. The van der Waals surface area contributed by atoms with Gasteiger partial charge in [0, 0.05) is 17.0 Å². The molecule has 0 amide bonds. The lowest BCUT2D eigenvalue weighted by Crippen LogP contribution is -2.65. The molecule has 2 aromatic carbocycles. The minimum atomic E-state index is -1.48. The molecule has 3 aliphatic carbocycles. The molecule has 0 bridgehead atoms. The summed E-state index contributed by atoms with van der Waals surface area (Å²) in [7, 11) is 3.79. The van der Waals surface area contributed by atoms with Crippen molar-refractivity contribution in [2.24, 2.45) is 22.7 Å². The first kappa shape index (κ1) is 26.4. The van der Waals surface area contributed by atoms with Gasteiger partial charge in [0.1, 0.15) is 18.2 Å². The Morgan fingerprint density at radius 3 is 2.50 bits per heavy atom. The van der Waals surface area contributed by atoms with E-state index in [0.717, 1.165) is 5.56 Å². The molecule has 7 nitrogen and oxygen atoms in total. The van der Waals surface area contributed by atoms with Gasteiger partial charge >= 0.3 is 0 Å². The molecular formula is C32H33FN2O5. The van der Waals surface area contributed by atoms with E-state index in [1.165, 1.54) is 6.07 Å². The maximum Gasteiger partial charge on any atom is 0.180 e. The first-order valence-corrected chi connectivity index (χ1v) is 13.6. The molecule has 1 fully saturated rings. The van der Waals surface area contributed by atoms with Gasteiger partial charge < -0.3 is 14.9 Å². The van der Waals surface area contributed by atoms with Gasteiger partial charge in [-0.05, 0) is 57.8 Å². The number of hydrogen-bond acceptors (Lipinski definition) is 7. The molecule has 0 spiro atoms. The molecule has 2 N–H and O–H groups in total. The number of hydrogen-bond donors (Lipinski definition) is 1. The van der Waals surface area contributed by atoms with Crippen molar-refractivity contribution in [1.82, 2.24) is 4.90 Å². The molecule has 0 radical (unpaired) electrons. The van der Waals surface area contributed by atoms with Crippen molar-refractivity contribution in [3.8, 4) is 5.75 Å². The minimum Gasteiger partial charge on any atom is -0.486 e. The Morgan fingerprint density at radius 1 is 1.12 bits per heavy atom. The zero-order valence-electron chi connectivity index (χ0n) is 23.3. The van der Waals surface area contributed by atoms with E-state index >= 15 is 4.39 Å². The molecule has 0 aliphatic heterocycles. The Balaban J connectivity index is 1.48. The van der Waals surface area contributed by atoms with Gasteiger partial charge in [0.25, 0.3) is 0 Å². The third-order valence-electron chi connectivity index (χ3n) is 9.71. The minimum absolute atomic E-state index is 0.00151. The number of nitrogens with zero attached hydrogens (tertiary/aromatic N) is 1. The summed E-state index contributed by atoms with van der Waals surface area (Å²) >= 11 is 0. The molecule has 8 heteroatoms. The summed E-state index contributed by atoms with van der Waals surface area (Å²) in [6.45, 7) is 5.52. The highest BCUT2D eigenvalue weighted by atomic mass is 19.1. The SMILES string of the molecule is Cc1coc2c1C(=O)C1(C)C(=O)C3C(=O)c4c(c(F)cc(N)c4OCc4ccccc4)CC3CC1(C)C2N(C)C. The highest BCUT2D eigenvalue weighted by Gasteiger charge is 2.70. The van der Waals surface area contributed by atoms with Gasteiger partial charge in [0.2, 0.25) is 0 Å². The van der Waals surface area contributed by atoms with Crippen LogP contribution in [0.1, 0.15) is 69.5 Å². The van der Waals surface area contributed by atoms with Gasteiger partial charge in [0.05, 0.1) is 40.5 Å². The monoisotopic (exact) mass is 544 g/mol. The van der Waals surface area contributed by atoms with Gasteiger partial charge in [-0.1, -0.05) is 37.3 Å². The Labute approximate surface area is 232 Å². The first-order chi connectivity index (χ1) is 18.9. The lowest BCUT2D eigenvalue weighted by molar-refractivity contribution is -0.150. The zero-order valence-corrected chi connectivity index (χ0v) is 23.3. The average molecular weight is 545 g/mol. The predicted molar refractivity (Wildman–Crippen MR) is 147 cm³/mol. The highest BCUT2D eigenvalue weighted by molar-refractivity contribution is 6.25. The fraction of sp³-hybridized carbons (Fsp3) is 0.406. The third-order valence-corrected chi connectivity index (χ3v) is 9.71. The number of ketones is 3. The normalized spacial score (nSPS) is 29.1. The van der Waals surface area contributed by atoms with Gasteiger partial charge in [-0.3, -0.25) is 19.3 Å². The standard InChI is InChI=1S/C32H33FN2O5/c1-16-14-39-27-22(16)29(37)32(3)30(38)23-18(13-31(32,2)28(27)35(4)5)11-19-20(33)12-21(34)26(24(19)25(23)36)40-15-17-9-7-6-8-10-17/h6-10,12,14,18,23,28H,11,13,15,34H2,1-5H3. The number of nitrogens with two attached hydrogens (primary N) is 1. The molecule has 208 valence electrons. The largest absolute Gasteiger partial charge is 0.486 e. The number of nitrogen functional groups attached to an aromatic ring is 1. The molecule has 5 unspecified atom stereocenters. The van der Waals surface area contributed by atoms with Crippen molar-refractivity contribution >= 4 is 23.0 Å². The second-order valence-electron chi connectivity index (χ2n) is 12.2. The van der Waals surface area contributed by atoms with Crippen LogP contribution in [0.15, 0.2) is 47.1 Å². The van der Waals surface area contributed by atoms with Crippen molar-refractivity contribution < 1.29 is 27.9 Å². The molecule has 40 heavy (non-hydrogen) atoms. The number of fused-ring (bicyclic) bond motifs is 4. The van der Waals surface area contributed by atoms with E-state index in [0.29, 0.717) is 23.3 Å². The molecule has 3 aromatic rings. The zero-order chi connectivity index (χ0) is 28.7. The molecule has 6 rings (SSSR count). The number of halogens is 1. The molecule has 1 saturated carbocycles. The van der Waals surface area contributed by atoms with E-state index in [-0.39, 0.29) is 47.4 Å². The van der Waals surface area contributed by atoms with Crippen LogP contribution < -0.4 is 10.5 Å². The van der Waals surface area contributed by atoms with Gasteiger partial charge in [-0.25, -0.2) is 4.39 Å². The van der Waals surface area contributed by atoms with E-state index < -0.39 is 40.0 Å². The Morgan fingerprint density at radius 2 is 1.82 bits per heavy atom. The van der Waals surface area contributed by atoms with Gasteiger partial charge in [-0.15, -0.1) is 0 Å². The van der Waals surface area contributed by atoms with Crippen molar-refractivity contribution in [1.29, 1.82) is 0 Å². The van der Waals surface area contributed by atoms with Crippen LogP contribution in [0.2, 0.25) is 0 Å². The maximum absolute atomic E-state index is 15.4. The molecule has 3 aliphatic rings. The summed E-state index contributed by atoms with van der Waals surface area (Å²) in [5.41, 5.74) is 5.97. The number of anilines is 1. The number of carbonyl (C=O) groups excluding carboxylic acids is 3. The smallest absolute Gasteiger partial charge is 0.180 e. The summed E-state index contributed by atoms with van der Waals surface area (Å²) in [5, 5.41) is 0. The van der Waals surface area contributed by atoms with E-state index in [9.17, 15) is 14.4 Å². The number of furan rings is 1. The quantitative estimate of drug-likeness (QED) is 0.349. The van der Waals surface area contributed by atoms with Crippen molar-refractivity contribution in [3.63, 3.8) is 0 Å². The molecule has 1 heterocycles. The van der Waals surface area contributed by atoms with Crippen molar-refractivity contribution in [3.05, 3.63) is 82.1 Å². The fourth-order valence-electron chi connectivity index (χ4n) is 7.71. The maximum atomic E-state index is 15.4. The van der Waals surface area contributed by atoms with Crippen LogP contribution in [0.4, 0.5) is 10.1 Å². The van der Waals surface area contributed by atoms with Crippen LogP contribution in [0.3, 0.4) is 0 Å². The van der Waals surface area contributed by atoms with Crippen LogP contribution in [-0.2, 0) is 17.8 Å². The van der Waals surface area contributed by atoms with E-state index in [1.54, 1.807) is 20.1 Å². The molecule has 0 saturated heterocycles. The van der Waals surface area contributed by atoms with Crippen LogP contribution in [0.5, 0.6) is 5.75 Å². The van der Waals surface area contributed by atoms with Crippen LogP contribution in [-0.4, -0.2) is 36.3 Å². The van der Waals surface area contributed by atoms with E-state index in [4.69, 9.17) is 14.9 Å². The Hall–Kier alpha value is -3.78.